The summed E-state index contributed by atoms with van der Waals surface area (Å²) in [6.45, 7) is 4.57. The van der Waals surface area contributed by atoms with Crippen LogP contribution in [-0.2, 0) is 0 Å². The van der Waals surface area contributed by atoms with E-state index < -0.39 is 0 Å². The number of nitrogens with one attached hydrogen (secondary N) is 1. The molecule has 0 amide bonds. The van der Waals surface area contributed by atoms with Gasteiger partial charge in [-0.1, -0.05) is 37.5 Å². The highest BCUT2D eigenvalue weighted by Gasteiger charge is 2.22. The van der Waals surface area contributed by atoms with E-state index in [1.165, 1.54) is 37.7 Å². The van der Waals surface area contributed by atoms with E-state index in [9.17, 15) is 0 Å². The fourth-order valence-electron chi connectivity index (χ4n) is 3.28. The fraction of sp³-hybridized carbons (Fsp3) is 0.647. The maximum atomic E-state index is 5.45. The normalized spacial score (nSPS) is 19.9. The van der Waals surface area contributed by atoms with Crippen LogP contribution in [-0.4, -0.2) is 13.2 Å². The molecule has 1 saturated carbocycles. The van der Waals surface area contributed by atoms with Crippen LogP contribution in [0.3, 0.4) is 0 Å². The van der Waals surface area contributed by atoms with E-state index in [1.807, 2.05) is 12.1 Å². The molecule has 0 spiro atoms. The Bertz CT molecular complexity index is 385. The molecule has 1 aromatic rings. The SMILES string of the molecule is COc1ccccc1C(C)NC(C)C1CCCCC1. The highest BCUT2D eigenvalue weighted by atomic mass is 16.5. The molecule has 19 heavy (non-hydrogen) atoms. The largest absolute Gasteiger partial charge is 0.496 e. The Morgan fingerprint density at radius 1 is 1.11 bits per heavy atom. The molecule has 1 N–H and O–H groups in total. The monoisotopic (exact) mass is 261 g/mol. The standard InChI is InChI=1S/C17H27NO/c1-13(15-9-5-4-6-10-15)18-14(2)16-11-7-8-12-17(16)19-3/h7-8,11-15,18H,4-6,9-10H2,1-3H3. The Labute approximate surface area is 117 Å². The average molecular weight is 261 g/mol. The summed E-state index contributed by atoms with van der Waals surface area (Å²) in [5, 5.41) is 3.76. The van der Waals surface area contributed by atoms with Crippen LogP contribution >= 0.6 is 0 Å². The van der Waals surface area contributed by atoms with Gasteiger partial charge in [-0.25, -0.2) is 0 Å². The van der Waals surface area contributed by atoms with E-state index in [4.69, 9.17) is 4.74 Å². The summed E-state index contributed by atoms with van der Waals surface area (Å²) >= 11 is 0. The predicted molar refractivity (Wildman–Crippen MR) is 80.6 cm³/mol. The lowest BCUT2D eigenvalue weighted by Gasteiger charge is -2.31. The zero-order valence-electron chi connectivity index (χ0n) is 12.5. The van der Waals surface area contributed by atoms with E-state index in [0.717, 1.165) is 11.7 Å². The van der Waals surface area contributed by atoms with E-state index in [2.05, 4.69) is 31.3 Å². The van der Waals surface area contributed by atoms with Crippen LogP contribution in [0.15, 0.2) is 24.3 Å². The van der Waals surface area contributed by atoms with Crippen molar-refractivity contribution in [3.8, 4) is 5.75 Å². The topological polar surface area (TPSA) is 21.3 Å². The lowest BCUT2D eigenvalue weighted by molar-refractivity contribution is 0.266. The van der Waals surface area contributed by atoms with Crippen LogP contribution < -0.4 is 10.1 Å². The van der Waals surface area contributed by atoms with Gasteiger partial charge in [0.05, 0.1) is 7.11 Å². The van der Waals surface area contributed by atoms with Crippen molar-refractivity contribution in [1.29, 1.82) is 0 Å². The molecule has 0 aromatic heterocycles. The molecule has 1 aliphatic carbocycles. The molecule has 1 aliphatic rings. The molecule has 0 aliphatic heterocycles. The minimum absolute atomic E-state index is 0.341. The maximum Gasteiger partial charge on any atom is 0.123 e. The molecular formula is C17H27NO. The number of benzene rings is 1. The Hall–Kier alpha value is -1.02. The smallest absolute Gasteiger partial charge is 0.123 e. The van der Waals surface area contributed by atoms with E-state index >= 15 is 0 Å². The third kappa shape index (κ3) is 3.73. The van der Waals surface area contributed by atoms with Gasteiger partial charge >= 0.3 is 0 Å². The highest BCUT2D eigenvalue weighted by molar-refractivity contribution is 5.35. The van der Waals surface area contributed by atoms with Gasteiger partial charge in [-0.05, 0) is 38.7 Å². The quantitative estimate of drug-likeness (QED) is 0.852. The molecular weight excluding hydrogens is 234 g/mol. The van der Waals surface area contributed by atoms with E-state index in [-0.39, 0.29) is 0 Å². The number of hydrogen-bond acceptors (Lipinski definition) is 2. The number of methoxy groups -OCH3 is 1. The van der Waals surface area contributed by atoms with Crippen molar-refractivity contribution in [2.24, 2.45) is 5.92 Å². The van der Waals surface area contributed by atoms with Gasteiger partial charge < -0.3 is 10.1 Å². The van der Waals surface area contributed by atoms with Crippen molar-refractivity contribution in [1.82, 2.24) is 5.32 Å². The molecule has 2 heteroatoms. The summed E-state index contributed by atoms with van der Waals surface area (Å²) < 4.78 is 5.45. The molecule has 0 radical (unpaired) electrons. The van der Waals surface area contributed by atoms with Gasteiger partial charge in [0, 0.05) is 17.6 Å². The highest BCUT2D eigenvalue weighted by Crippen LogP contribution is 2.29. The van der Waals surface area contributed by atoms with Gasteiger partial charge in [0.1, 0.15) is 5.75 Å². The van der Waals surface area contributed by atoms with Crippen LogP contribution in [0.25, 0.3) is 0 Å². The second-order valence-electron chi connectivity index (χ2n) is 5.82. The minimum Gasteiger partial charge on any atom is -0.496 e. The first kappa shape index (κ1) is 14.4. The first-order chi connectivity index (χ1) is 9.22. The maximum absolute atomic E-state index is 5.45. The number of para-hydroxylation sites is 1. The van der Waals surface area contributed by atoms with Crippen molar-refractivity contribution in [2.45, 2.75) is 58.0 Å². The van der Waals surface area contributed by atoms with Gasteiger partial charge in [0.2, 0.25) is 0 Å². The van der Waals surface area contributed by atoms with Gasteiger partial charge in [-0.3, -0.25) is 0 Å². The van der Waals surface area contributed by atoms with Crippen molar-refractivity contribution in [2.75, 3.05) is 7.11 Å². The summed E-state index contributed by atoms with van der Waals surface area (Å²) in [6.07, 6.45) is 6.99. The molecule has 1 aromatic carbocycles. The molecule has 1 fully saturated rings. The first-order valence-corrected chi connectivity index (χ1v) is 7.61. The number of ether oxygens (including phenoxy) is 1. The molecule has 0 heterocycles. The third-order valence-electron chi connectivity index (χ3n) is 4.48. The first-order valence-electron chi connectivity index (χ1n) is 7.61. The Kier molecular flexibility index (Phi) is 5.26. The molecule has 2 nitrogen and oxygen atoms in total. The Balaban J connectivity index is 1.97. The Morgan fingerprint density at radius 2 is 1.79 bits per heavy atom. The molecule has 106 valence electrons. The molecule has 2 rings (SSSR count). The summed E-state index contributed by atoms with van der Waals surface area (Å²) in [6, 6.07) is 9.23. The number of hydrogen-bond donors (Lipinski definition) is 1. The predicted octanol–water partition coefficient (Wildman–Crippen LogP) is 4.31. The zero-order valence-corrected chi connectivity index (χ0v) is 12.5. The van der Waals surface area contributed by atoms with Crippen molar-refractivity contribution >= 4 is 0 Å². The van der Waals surface area contributed by atoms with Gasteiger partial charge in [-0.15, -0.1) is 0 Å². The number of rotatable bonds is 5. The molecule has 2 atom stereocenters. The second kappa shape index (κ2) is 6.95. The van der Waals surface area contributed by atoms with Crippen LogP contribution in [0.1, 0.15) is 57.6 Å². The van der Waals surface area contributed by atoms with Crippen LogP contribution in [0.5, 0.6) is 5.75 Å². The Morgan fingerprint density at radius 3 is 2.47 bits per heavy atom. The minimum atomic E-state index is 0.341. The van der Waals surface area contributed by atoms with Crippen molar-refractivity contribution in [3.63, 3.8) is 0 Å². The third-order valence-corrected chi connectivity index (χ3v) is 4.48. The summed E-state index contributed by atoms with van der Waals surface area (Å²) in [5.74, 6) is 1.82. The van der Waals surface area contributed by atoms with E-state index in [0.29, 0.717) is 12.1 Å². The van der Waals surface area contributed by atoms with E-state index in [1.54, 1.807) is 7.11 Å². The molecule has 2 unspecified atom stereocenters. The van der Waals surface area contributed by atoms with Crippen molar-refractivity contribution < 1.29 is 4.74 Å². The summed E-state index contributed by atoms with van der Waals surface area (Å²) in [7, 11) is 1.75. The van der Waals surface area contributed by atoms with Crippen LogP contribution in [0.2, 0.25) is 0 Å². The lowest BCUT2D eigenvalue weighted by Crippen LogP contribution is -2.36. The summed E-state index contributed by atoms with van der Waals surface area (Å²) in [4.78, 5) is 0. The van der Waals surface area contributed by atoms with Crippen LogP contribution in [0.4, 0.5) is 0 Å². The molecule has 0 bridgehead atoms. The van der Waals surface area contributed by atoms with Crippen LogP contribution in [0, 0.1) is 5.92 Å². The van der Waals surface area contributed by atoms with Crippen molar-refractivity contribution in [3.05, 3.63) is 29.8 Å². The molecule has 0 saturated heterocycles. The lowest BCUT2D eigenvalue weighted by atomic mass is 9.84. The van der Waals surface area contributed by atoms with Gasteiger partial charge in [0.15, 0.2) is 0 Å². The average Bonchev–Trinajstić information content (AvgIpc) is 2.48. The van der Waals surface area contributed by atoms with Gasteiger partial charge in [0.25, 0.3) is 0 Å². The zero-order chi connectivity index (χ0) is 13.7. The summed E-state index contributed by atoms with van der Waals surface area (Å²) in [5.41, 5.74) is 1.26. The second-order valence-corrected chi connectivity index (χ2v) is 5.82. The fourth-order valence-corrected chi connectivity index (χ4v) is 3.28. The van der Waals surface area contributed by atoms with Gasteiger partial charge in [-0.2, -0.15) is 0 Å².